The van der Waals surface area contributed by atoms with Gasteiger partial charge < -0.3 is 10.4 Å². The number of carboxylic acids is 1. The number of aromatic nitrogens is 2. The first-order chi connectivity index (χ1) is 7.77. The smallest absolute Gasteiger partial charge is 0.358 e. The maximum absolute atomic E-state index is 10.8. The van der Waals surface area contributed by atoms with Crippen molar-refractivity contribution in [2.24, 2.45) is 5.92 Å². The molecule has 0 aromatic carbocycles. The molecule has 1 saturated carbocycles. The number of nitrogens with one attached hydrogen (secondary N) is 2. The van der Waals surface area contributed by atoms with Crippen molar-refractivity contribution in [2.75, 3.05) is 11.9 Å². The summed E-state index contributed by atoms with van der Waals surface area (Å²) in [6.45, 7) is 0.847. The van der Waals surface area contributed by atoms with Gasteiger partial charge in [0.25, 0.3) is 0 Å². The topological polar surface area (TPSA) is 78.0 Å². The van der Waals surface area contributed by atoms with Crippen LogP contribution in [0.5, 0.6) is 0 Å². The first kappa shape index (κ1) is 11.0. The Balaban J connectivity index is 1.88. The van der Waals surface area contributed by atoms with Gasteiger partial charge in [0.15, 0.2) is 5.69 Å². The van der Waals surface area contributed by atoms with E-state index in [1.54, 1.807) is 6.20 Å². The van der Waals surface area contributed by atoms with Crippen LogP contribution in [0.25, 0.3) is 0 Å². The summed E-state index contributed by atoms with van der Waals surface area (Å²) < 4.78 is 0. The van der Waals surface area contributed by atoms with E-state index in [1.165, 1.54) is 32.1 Å². The van der Waals surface area contributed by atoms with Crippen LogP contribution in [0.2, 0.25) is 0 Å². The molecule has 0 amide bonds. The van der Waals surface area contributed by atoms with Crippen molar-refractivity contribution >= 4 is 11.7 Å². The fourth-order valence-corrected chi connectivity index (χ4v) is 2.23. The van der Waals surface area contributed by atoms with Crippen molar-refractivity contribution in [2.45, 2.75) is 32.1 Å². The average molecular weight is 223 g/mol. The van der Waals surface area contributed by atoms with E-state index in [2.05, 4.69) is 15.5 Å². The van der Waals surface area contributed by atoms with Crippen LogP contribution in [-0.4, -0.2) is 27.8 Å². The number of hydrogen-bond donors (Lipinski definition) is 3. The SMILES string of the molecule is O=C(O)c1n[nH]cc1NCC1CCCCC1. The molecule has 88 valence electrons. The molecule has 1 fully saturated rings. The van der Waals surface area contributed by atoms with E-state index in [4.69, 9.17) is 5.11 Å². The van der Waals surface area contributed by atoms with Gasteiger partial charge in [-0.2, -0.15) is 5.10 Å². The molecule has 5 heteroatoms. The Morgan fingerprint density at radius 1 is 1.50 bits per heavy atom. The predicted molar refractivity (Wildman–Crippen MR) is 60.6 cm³/mol. The number of carbonyl (C=O) groups is 1. The second kappa shape index (κ2) is 5.01. The van der Waals surface area contributed by atoms with E-state index in [0.29, 0.717) is 11.6 Å². The number of H-pyrrole nitrogens is 1. The van der Waals surface area contributed by atoms with Crippen molar-refractivity contribution < 1.29 is 9.90 Å². The van der Waals surface area contributed by atoms with Gasteiger partial charge in [0.05, 0.1) is 5.69 Å². The molecule has 0 atom stereocenters. The van der Waals surface area contributed by atoms with Crippen LogP contribution in [0.4, 0.5) is 5.69 Å². The highest BCUT2D eigenvalue weighted by Gasteiger charge is 2.16. The Bertz CT molecular complexity index is 356. The molecule has 0 radical (unpaired) electrons. The molecule has 16 heavy (non-hydrogen) atoms. The van der Waals surface area contributed by atoms with Crippen LogP contribution in [0.15, 0.2) is 6.20 Å². The van der Waals surface area contributed by atoms with E-state index < -0.39 is 5.97 Å². The first-order valence-electron chi connectivity index (χ1n) is 5.78. The van der Waals surface area contributed by atoms with Crippen molar-refractivity contribution in [3.8, 4) is 0 Å². The molecule has 5 nitrogen and oxygen atoms in total. The molecule has 0 bridgehead atoms. The number of nitrogens with zero attached hydrogens (tertiary/aromatic N) is 1. The van der Waals surface area contributed by atoms with Crippen molar-refractivity contribution in [3.63, 3.8) is 0 Å². The van der Waals surface area contributed by atoms with Gasteiger partial charge in [-0.25, -0.2) is 4.79 Å². The second-order valence-electron chi connectivity index (χ2n) is 4.34. The highest BCUT2D eigenvalue weighted by atomic mass is 16.4. The molecule has 1 aromatic rings. The lowest BCUT2D eigenvalue weighted by molar-refractivity contribution is 0.0691. The summed E-state index contributed by atoms with van der Waals surface area (Å²) >= 11 is 0. The molecule has 0 spiro atoms. The van der Waals surface area contributed by atoms with Gasteiger partial charge in [-0.15, -0.1) is 0 Å². The van der Waals surface area contributed by atoms with E-state index in [-0.39, 0.29) is 5.69 Å². The monoisotopic (exact) mass is 223 g/mol. The van der Waals surface area contributed by atoms with Crippen LogP contribution in [0, 0.1) is 5.92 Å². The molecule has 1 heterocycles. The largest absolute Gasteiger partial charge is 0.476 e. The maximum atomic E-state index is 10.8. The normalized spacial score (nSPS) is 17.2. The third-order valence-corrected chi connectivity index (χ3v) is 3.15. The highest BCUT2D eigenvalue weighted by Crippen LogP contribution is 2.24. The Morgan fingerprint density at radius 3 is 2.94 bits per heavy atom. The average Bonchev–Trinajstić information content (AvgIpc) is 2.76. The van der Waals surface area contributed by atoms with Gasteiger partial charge in [0, 0.05) is 12.7 Å². The number of carboxylic acid groups (broad SMARTS) is 1. The summed E-state index contributed by atoms with van der Waals surface area (Å²) in [4.78, 5) is 10.8. The number of aromatic carboxylic acids is 1. The fraction of sp³-hybridized carbons (Fsp3) is 0.636. The van der Waals surface area contributed by atoms with Gasteiger partial charge in [-0.1, -0.05) is 19.3 Å². The van der Waals surface area contributed by atoms with E-state index >= 15 is 0 Å². The molecule has 0 saturated heterocycles. The van der Waals surface area contributed by atoms with Crippen molar-refractivity contribution in [1.29, 1.82) is 0 Å². The Hall–Kier alpha value is -1.52. The minimum atomic E-state index is -0.993. The zero-order valence-corrected chi connectivity index (χ0v) is 9.20. The first-order valence-corrected chi connectivity index (χ1v) is 5.78. The molecule has 1 aliphatic rings. The Kier molecular flexibility index (Phi) is 3.44. The summed E-state index contributed by atoms with van der Waals surface area (Å²) in [5.74, 6) is -0.322. The van der Waals surface area contributed by atoms with Crippen molar-refractivity contribution in [3.05, 3.63) is 11.9 Å². The zero-order chi connectivity index (χ0) is 11.4. The number of aromatic amines is 1. The van der Waals surface area contributed by atoms with Crippen LogP contribution < -0.4 is 5.32 Å². The zero-order valence-electron chi connectivity index (χ0n) is 9.20. The molecule has 0 aliphatic heterocycles. The lowest BCUT2D eigenvalue weighted by atomic mass is 9.89. The summed E-state index contributed by atoms with van der Waals surface area (Å²) in [5.41, 5.74) is 0.675. The fourth-order valence-electron chi connectivity index (χ4n) is 2.23. The van der Waals surface area contributed by atoms with E-state index in [0.717, 1.165) is 6.54 Å². The molecule has 1 aliphatic carbocycles. The molecular formula is C11H17N3O2. The minimum Gasteiger partial charge on any atom is -0.476 e. The van der Waals surface area contributed by atoms with Gasteiger partial charge in [-0.3, -0.25) is 5.10 Å². The molecule has 2 rings (SSSR count). The summed E-state index contributed by atoms with van der Waals surface area (Å²) in [6.07, 6.45) is 8.02. The van der Waals surface area contributed by atoms with Crippen LogP contribution in [0.3, 0.4) is 0 Å². The molecule has 3 N–H and O–H groups in total. The van der Waals surface area contributed by atoms with E-state index in [1.807, 2.05) is 0 Å². The third kappa shape index (κ3) is 2.53. The number of hydrogen-bond acceptors (Lipinski definition) is 3. The highest BCUT2D eigenvalue weighted by molar-refractivity contribution is 5.91. The Morgan fingerprint density at radius 2 is 2.25 bits per heavy atom. The molecule has 0 unspecified atom stereocenters. The predicted octanol–water partition coefficient (Wildman–Crippen LogP) is 2.10. The maximum Gasteiger partial charge on any atom is 0.358 e. The number of anilines is 1. The lowest BCUT2D eigenvalue weighted by Gasteiger charge is -2.21. The van der Waals surface area contributed by atoms with Crippen LogP contribution in [0.1, 0.15) is 42.6 Å². The van der Waals surface area contributed by atoms with Gasteiger partial charge >= 0.3 is 5.97 Å². The van der Waals surface area contributed by atoms with Gasteiger partial charge in [-0.05, 0) is 18.8 Å². The quantitative estimate of drug-likeness (QED) is 0.730. The standard InChI is InChI=1S/C11H17N3O2/c15-11(16)10-9(7-13-14-10)12-6-8-4-2-1-3-5-8/h7-8,12H,1-6H2,(H,13,14)(H,15,16). The summed E-state index contributed by atoms with van der Waals surface area (Å²) in [7, 11) is 0. The van der Waals surface area contributed by atoms with E-state index in [9.17, 15) is 4.79 Å². The van der Waals surface area contributed by atoms with Crippen LogP contribution >= 0.6 is 0 Å². The minimum absolute atomic E-state index is 0.0795. The third-order valence-electron chi connectivity index (χ3n) is 3.15. The molecular weight excluding hydrogens is 206 g/mol. The molecule has 1 aromatic heterocycles. The lowest BCUT2D eigenvalue weighted by Crippen LogP contribution is -2.18. The summed E-state index contributed by atoms with van der Waals surface area (Å²) in [5, 5.41) is 18.3. The van der Waals surface area contributed by atoms with Crippen LogP contribution in [-0.2, 0) is 0 Å². The van der Waals surface area contributed by atoms with Crippen molar-refractivity contribution in [1.82, 2.24) is 10.2 Å². The second-order valence-corrected chi connectivity index (χ2v) is 4.34. The number of rotatable bonds is 4. The Labute approximate surface area is 94.2 Å². The van der Waals surface area contributed by atoms with Gasteiger partial charge in [0.1, 0.15) is 0 Å². The van der Waals surface area contributed by atoms with Gasteiger partial charge in [0.2, 0.25) is 0 Å². The summed E-state index contributed by atoms with van der Waals surface area (Å²) in [6, 6.07) is 0.